The van der Waals surface area contributed by atoms with Gasteiger partial charge in [-0.15, -0.1) is 0 Å². The molecule has 3 nitrogen and oxygen atoms in total. The first-order valence-corrected chi connectivity index (χ1v) is 3.86. The lowest BCUT2D eigenvalue weighted by Crippen LogP contribution is -2.09. The smallest absolute Gasteiger partial charge is 0.437 e. The Kier molecular flexibility index (Phi) is 3.18. The molecule has 0 fully saturated rings. The van der Waals surface area contributed by atoms with Crippen molar-refractivity contribution in [3.05, 3.63) is 29.8 Å². The van der Waals surface area contributed by atoms with Gasteiger partial charge in [-0.05, 0) is 18.2 Å². The molecule has 0 saturated carbocycles. The first kappa shape index (κ1) is 11.4. The molecule has 1 aromatic rings. The highest BCUT2D eigenvalue weighted by Crippen LogP contribution is 2.31. The summed E-state index contributed by atoms with van der Waals surface area (Å²) in [5.74, 6) is -0.211. The van der Waals surface area contributed by atoms with Crippen molar-refractivity contribution in [1.29, 1.82) is 0 Å². The monoisotopic (exact) mass is 220 g/mol. The van der Waals surface area contributed by atoms with Crippen molar-refractivity contribution < 1.29 is 27.4 Å². The Balaban J connectivity index is 2.88. The molecule has 0 heterocycles. The van der Waals surface area contributed by atoms with Crippen LogP contribution in [-0.4, -0.2) is 13.3 Å². The van der Waals surface area contributed by atoms with Crippen molar-refractivity contribution in [2.24, 2.45) is 0 Å². The predicted molar refractivity (Wildman–Crippen MR) is 44.5 cm³/mol. The van der Waals surface area contributed by atoms with Crippen LogP contribution in [0.4, 0.5) is 18.0 Å². The van der Waals surface area contributed by atoms with Crippen molar-refractivity contribution in [3.8, 4) is 5.75 Å². The third kappa shape index (κ3) is 3.16. The van der Waals surface area contributed by atoms with E-state index in [9.17, 15) is 18.0 Å². The first-order valence-electron chi connectivity index (χ1n) is 3.86. The van der Waals surface area contributed by atoms with Gasteiger partial charge in [-0.2, -0.15) is 13.2 Å². The van der Waals surface area contributed by atoms with Gasteiger partial charge < -0.3 is 9.47 Å². The highest BCUT2D eigenvalue weighted by molar-refractivity contribution is 5.63. The van der Waals surface area contributed by atoms with Crippen LogP contribution in [0, 0.1) is 0 Å². The Hall–Kier alpha value is -1.72. The van der Waals surface area contributed by atoms with Crippen LogP contribution in [0.5, 0.6) is 5.75 Å². The largest absolute Gasteiger partial charge is 0.513 e. The van der Waals surface area contributed by atoms with Crippen LogP contribution in [0.1, 0.15) is 5.56 Å². The molecule has 0 spiro atoms. The van der Waals surface area contributed by atoms with Crippen LogP contribution in [-0.2, 0) is 10.9 Å². The number of ether oxygens (including phenoxy) is 2. The average molecular weight is 220 g/mol. The molecule has 0 aromatic heterocycles. The number of hydrogen-bond acceptors (Lipinski definition) is 3. The standard InChI is InChI=1S/C9H7F3O3/c1-14-8(13)15-7-4-2-3-6(5-7)9(10,11)12/h2-5H,1H3. The minimum Gasteiger partial charge on any atom is -0.437 e. The molecule has 0 unspecified atom stereocenters. The molecular weight excluding hydrogens is 213 g/mol. The van der Waals surface area contributed by atoms with Gasteiger partial charge in [0.05, 0.1) is 12.7 Å². The molecule has 0 N–H and O–H groups in total. The summed E-state index contributed by atoms with van der Waals surface area (Å²) in [6.45, 7) is 0. The molecule has 15 heavy (non-hydrogen) atoms. The molecule has 6 heteroatoms. The lowest BCUT2D eigenvalue weighted by atomic mass is 10.2. The fraction of sp³-hybridized carbons (Fsp3) is 0.222. The topological polar surface area (TPSA) is 35.5 Å². The van der Waals surface area contributed by atoms with E-state index in [0.29, 0.717) is 0 Å². The third-order valence-electron chi connectivity index (χ3n) is 1.53. The average Bonchev–Trinajstić information content (AvgIpc) is 2.17. The summed E-state index contributed by atoms with van der Waals surface area (Å²) in [7, 11) is 1.07. The van der Waals surface area contributed by atoms with Crippen LogP contribution >= 0.6 is 0 Å². The second-order valence-corrected chi connectivity index (χ2v) is 2.58. The van der Waals surface area contributed by atoms with Gasteiger partial charge in [0, 0.05) is 0 Å². The summed E-state index contributed by atoms with van der Waals surface area (Å²) in [5.41, 5.74) is -0.885. The van der Waals surface area contributed by atoms with Gasteiger partial charge in [0.15, 0.2) is 0 Å². The van der Waals surface area contributed by atoms with Crippen LogP contribution < -0.4 is 4.74 Å². The number of carbonyl (C=O) groups is 1. The van der Waals surface area contributed by atoms with Gasteiger partial charge in [-0.3, -0.25) is 0 Å². The van der Waals surface area contributed by atoms with Gasteiger partial charge in [-0.1, -0.05) is 6.07 Å². The van der Waals surface area contributed by atoms with Gasteiger partial charge in [-0.25, -0.2) is 4.79 Å². The summed E-state index contributed by atoms with van der Waals surface area (Å²) in [5, 5.41) is 0. The first-order chi connectivity index (χ1) is 6.93. The van der Waals surface area contributed by atoms with E-state index in [0.717, 1.165) is 25.3 Å². The van der Waals surface area contributed by atoms with Crippen LogP contribution in [0.2, 0.25) is 0 Å². The maximum atomic E-state index is 12.2. The fourth-order valence-corrected chi connectivity index (χ4v) is 0.874. The van der Waals surface area contributed by atoms with Crippen LogP contribution in [0.15, 0.2) is 24.3 Å². The minimum absolute atomic E-state index is 0.211. The van der Waals surface area contributed by atoms with Gasteiger partial charge in [0.25, 0.3) is 0 Å². The number of carbonyl (C=O) groups excluding carboxylic acids is 1. The number of benzene rings is 1. The van der Waals surface area contributed by atoms with Crippen molar-refractivity contribution in [2.45, 2.75) is 6.18 Å². The zero-order chi connectivity index (χ0) is 11.5. The maximum Gasteiger partial charge on any atom is 0.513 e. The van der Waals surface area contributed by atoms with Crippen LogP contribution in [0.25, 0.3) is 0 Å². The number of hydrogen-bond donors (Lipinski definition) is 0. The van der Waals surface area contributed by atoms with Gasteiger partial charge in [0.2, 0.25) is 0 Å². The summed E-state index contributed by atoms with van der Waals surface area (Å²) < 4.78 is 45.2. The third-order valence-corrected chi connectivity index (χ3v) is 1.53. The van der Waals surface area contributed by atoms with E-state index in [1.165, 1.54) is 6.07 Å². The second-order valence-electron chi connectivity index (χ2n) is 2.58. The van der Waals surface area contributed by atoms with E-state index in [-0.39, 0.29) is 5.75 Å². The molecule has 0 atom stereocenters. The molecule has 0 amide bonds. The summed E-state index contributed by atoms with van der Waals surface area (Å²) in [4.78, 5) is 10.6. The molecule has 0 aliphatic carbocycles. The molecule has 82 valence electrons. The summed E-state index contributed by atoms with van der Waals surface area (Å²) >= 11 is 0. The predicted octanol–water partition coefficient (Wildman–Crippen LogP) is 2.85. The second kappa shape index (κ2) is 4.20. The van der Waals surface area contributed by atoms with Crippen molar-refractivity contribution >= 4 is 6.16 Å². The normalized spacial score (nSPS) is 10.9. The number of halogens is 3. The molecule has 0 saturated heterocycles. The highest BCUT2D eigenvalue weighted by atomic mass is 19.4. The van der Waals surface area contributed by atoms with E-state index < -0.39 is 17.9 Å². The van der Waals surface area contributed by atoms with E-state index in [1.54, 1.807) is 0 Å². The number of alkyl halides is 3. The molecular formula is C9H7F3O3. The van der Waals surface area contributed by atoms with Crippen molar-refractivity contribution in [1.82, 2.24) is 0 Å². The number of methoxy groups -OCH3 is 1. The maximum absolute atomic E-state index is 12.2. The molecule has 0 aliphatic rings. The molecule has 1 aromatic carbocycles. The van der Waals surface area contributed by atoms with E-state index >= 15 is 0 Å². The van der Waals surface area contributed by atoms with Gasteiger partial charge >= 0.3 is 12.3 Å². The lowest BCUT2D eigenvalue weighted by Gasteiger charge is -2.08. The minimum atomic E-state index is -4.46. The Bertz CT molecular complexity index is 360. The van der Waals surface area contributed by atoms with Crippen molar-refractivity contribution in [2.75, 3.05) is 7.11 Å². The Morgan fingerprint density at radius 2 is 2.00 bits per heavy atom. The van der Waals surface area contributed by atoms with E-state index in [1.807, 2.05) is 0 Å². The zero-order valence-corrected chi connectivity index (χ0v) is 7.67. The van der Waals surface area contributed by atoms with Crippen LogP contribution in [0.3, 0.4) is 0 Å². The summed E-state index contributed by atoms with van der Waals surface area (Å²) in [6.07, 6.45) is -5.52. The highest BCUT2D eigenvalue weighted by Gasteiger charge is 2.30. The van der Waals surface area contributed by atoms with E-state index in [4.69, 9.17) is 0 Å². The van der Waals surface area contributed by atoms with Gasteiger partial charge in [0.1, 0.15) is 5.75 Å². The van der Waals surface area contributed by atoms with Crippen molar-refractivity contribution in [3.63, 3.8) is 0 Å². The SMILES string of the molecule is COC(=O)Oc1cccc(C(F)(F)F)c1. The zero-order valence-electron chi connectivity index (χ0n) is 7.67. The van der Waals surface area contributed by atoms with E-state index in [2.05, 4.69) is 9.47 Å². The quantitative estimate of drug-likeness (QED) is 0.539. The molecule has 0 radical (unpaired) electrons. The Morgan fingerprint density at radius 1 is 1.33 bits per heavy atom. The Labute approximate surface area is 83.4 Å². The Morgan fingerprint density at radius 3 is 2.53 bits per heavy atom. The molecule has 0 aliphatic heterocycles. The molecule has 0 bridgehead atoms. The number of rotatable bonds is 1. The molecule has 1 rings (SSSR count). The lowest BCUT2D eigenvalue weighted by molar-refractivity contribution is -0.137. The summed E-state index contributed by atoms with van der Waals surface area (Å²) in [6, 6.07) is 3.97. The fourth-order valence-electron chi connectivity index (χ4n) is 0.874.